The van der Waals surface area contributed by atoms with E-state index in [2.05, 4.69) is 34.6 Å². The van der Waals surface area contributed by atoms with Gasteiger partial charge in [0.15, 0.2) is 0 Å². The SMILES string of the molecule is CCCCCCCCCCc1c(CCCCCCCCCC)c(CCCCCCCCCC)c(OC=O)c(CCCCCCCCCC)c1CCCCCCCCCC. The lowest BCUT2D eigenvalue weighted by Crippen LogP contribution is -2.14. The third-order valence-corrected chi connectivity index (χ3v) is 13.6. The summed E-state index contributed by atoms with van der Waals surface area (Å²) < 4.78 is 6.32. The van der Waals surface area contributed by atoms with E-state index in [9.17, 15) is 4.79 Å². The lowest BCUT2D eigenvalue weighted by atomic mass is 9.80. The number of unbranched alkanes of at least 4 members (excludes halogenated alkanes) is 35. The topological polar surface area (TPSA) is 26.3 Å². The molecule has 2 nitrogen and oxygen atoms in total. The van der Waals surface area contributed by atoms with Gasteiger partial charge in [-0.1, -0.05) is 259 Å². The van der Waals surface area contributed by atoms with Crippen molar-refractivity contribution in [1.29, 1.82) is 0 Å². The van der Waals surface area contributed by atoms with Crippen LogP contribution in [0.2, 0.25) is 0 Å². The zero-order valence-electron chi connectivity index (χ0n) is 41.2. The Labute approximate surface area is 371 Å². The molecule has 0 fully saturated rings. The summed E-state index contributed by atoms with van der Waals surface area (Å²) in [5.74, 6) is 1.02. The number of ether oxygens (including phenoxy) is 1. The lowest BCUT2D eigenvalue weighted by molar-refractivity contribution is -0.120. The average molecular weight is 823 g/mol. The Balaban J connectivity index is 3.53. The predicted molar refractivity (Wildman–Crippen MR) is 265 cm³/mol. The van der Waals surface area contributed by atoms with Crippen LogP contribution in [0.1, 0.15) is 319 Å². The van der Waals surface area contributed by atoms with E-state index in [1.807, 2.05) is 0 Å². The van der Waals surface area contributed by atoms with E-state index in [0.29, 0.717) is 0 Å². The second-order valence-electron chi connectivity index (χ2n) is 19.1. The van der Waals surface area contributed by atoms with E-state index in [1.165, 1.54) is 287 Å². The van der Waals surface area contributed by atoms with Gasteiger partial charge in [-0.15, -0.1) is 0 Å². The summed E-state index contributed by atoms with van der Waals surface area (Å²) in [4.78, 5) is 12.5. The fraction of sp³-hybridized carbons (Fsp3) is 0.877. The van der Waals surface area contributed by atoms with Crippen LogP contribution in [-0.2, 0) is 36.9 Å². The van der Waals surface area contributed by atoms with Crippen LogP contribution in [0.4, 0.5) is 0 Å². The third-order valence-electron chi connectivity index (χ3n) is 13.6. The highest BCUT2D eigenvalue weighted by Gasteiger charge is 2.24. The van der Waals surface area contributed by atoms with Crippen LogP contribution in [0.3, 0.4) is 0 Å². The van der Waals surface area contributed by atoms with Crippen molar-refractivity contribution in [2.24, 2.45) is 0 Å². The molecule has 346 valence electrons. The van der Waals surface area contributed by atoms with Crippen LogP contribution in [-0.4, -0.2) is 6.47 Å². The van der Waals surface area contributed by atoms with Crippen molar-refractivity contribution in [3.63, 3.8) is 0 Å². The number of hydrogen-bond donors (Lipinski definition) is 0. The summed E-state index contributed by atoms with van der Waals surface area (Å²) in [5, 5.41) is 0. The summed E-state index contributed by atoms with van der Waals surface area (Å²) in [5.41, 5.74) is 7.90. The molecule has 0 aromatic heterocycles. The molecule has 2 heteroatoms. The molecule has 59 heavy (non-hydrogen) atoms. The van der Waals surface area contributed by atoms with Crippen molar-refractivity contribution in [2.45, 2.75) is 324 Å². The van der Waals surface area contributed by atoms with Crippen LogP contribution >= 0.6 is 0 Å². The van der Waals surface area contributed by atoms with E-state index < -0.39 is 0 Å². The number of carbonyl (C=O) groups is 1. The molecule has 0 spiro atoms. The van der Waals surface area contributed by atoms with Gasteiger partial charge >= 0.3 is 0 Å². The molecule has 1 aromatic carbocycles. The number of hydrogen-bond acceptors (Lipinski definition) is 2. The van der Waals surface area contributed by atoms with Crippen LogP contribution < -0.4 is 4.74 Å². The minimum atomic E-state index is 0.794. The van der Waals surface area contributed by atoms with E-state index in [4.69, 9.17) is 4.74 Å². The molecule has 0 unspecified atom stereocenters. The maximum Gasteiger partial charge on any atom is 0.298 e. The minimum absolute atomic E-state index is 0.794. The Morgan fingerprint density at radius 2 is 0.424 bits per heavy atom. The summed E-state index contributed by atoms with van der Waals surface area (Å²) in [6, 6.07) is 0. The van der Waals surface area contributed by atoms with Crippen molar-refractivity contribution < 1.29 is 9.53 Å². The molecule has 0 N–H and O–H groups in total. The van der Waals surface area contributed by atoms with Gasteiger partial charge in [0.2, 0.25) is 0 Å². The van der Waals surface area contributed by atoms with Crippen molar-refractivity contribution >= 4 is 6.47 Å². The predicted octanol–water partition coefficient (Wildman–Crippen LogP) is 19.6. The van der Waals surface area contributed by atoms with E-state index in [0.717, 1.165) is 25.1 Å². The van der Waals surface area contributed by atoms with Gasteiger partial charge in [0.05, 0.1) is 0 Å². The van der Waals surface area contributed by atoms with Crippen LogP contribution in [0.15, 0.2) is 0 Å². The Morgan fingerprint density at radius 1 is 0.254 bits per heavy atom. The molecule has 0 atom stereocenters. The normalized spacial score (nSPS) is 11.5. The molecule has 0 amide bonds. The van der Waals surface area contributed by atoms with Crippen molar-refractivity contribution in [3.05, 3.63) is 27.8 Å². The molecule has 0 aliphatic carbocycles. The van der Waals surface area contributed by atoms with Crippen LogP contribution in [0, 0.1) is 0 Å². The first-order chi connectivity index (χ1) is 29.2. The Hall–Kier alpha value is -1.31. The summed E-state index contributed by atoms with van der Waals surface area (Å²) in [7, 11) is 0. The lowest BCUT2D eigenvalue weighted by Gasteiger charge is -2.27. The van der Waals surface area contributed by atoms with Gasteiger partial charge in [-0.25, -0.2) is 0 Å². The molecule has 0 bridgehead atoms. The number of carbonyl (C=O) groups excluding carboxylic acids is 1. The quantitative estimate of drug-likeness (QED) is 0.0483. The first-order valence-electron chi connectivity index (χ1n) is 27.5. The molecule has 0 heterocycles. The van der Waals surface area contributed by atoms with Gasteiger partial charge in [0, 0.05) is 0 Å². The highest BCUT2D eigenvalue weighted by molar-refractivity contribution is 5.60. The zero-order chi connectivity index (χ0) is 42.7. The first-order valence-corrected chi connectivity index (χ1v) is 27.5. The van der Waals surface area contributed by atoms with Gasteiger partial charge < -0.3 is 4.74 Å². The van der Waals surface area contributed by atoms with Crippen molar-refractivity contribution in [3.8, 4) is 5.75 Å². The molecule has 0 radical (unpaired) electrons. The highest BCUT2D eigenvalue weighted by Crippen LogP contribution is 2.40. The van der Waals surface area contributed by atoms with E-state index >= 15 is 0 Å². The monoisotopic (exact) mass is 823 g/mol. The van der Waals surface area contributed by atoms with E-state index in [1.54, 1.807) is 16.7 Å². The smallest absolute Gasteiger partial charge is 0.298 e. The number of rotatable bonds is 47. The standard InChI is InChI=1S/C57H106O2/c1-6-11-16-21-26-31-36-41-46-52-53(47-42-37-32-27-22-17-12-7-2)55(49-44-39-34-29-24-19-14-9-4)57(59-51-58)56(50-45-40-35-30-25-20-15-10-5)54(52)48-43-38-33-28-23-18-13-8-3/h51H,6-50H2,1-5H3. The number of benzene rings is 1. The highest BCUT2D eigenvalue weighted by atomic mass is 16.5. The molecular formula is C57H106O2. The fourth-order valence-electron chi connectivity index (χ4n) is 9.81. The second-order valence-corrected chi connectivity index (χ2v) is 19.1. The summed E-state index contributed by atoms with van der Waals surface area (Å²) in [6.07, 6.45) is 59.8. The summed E-state index contributed by atoms with van der Waals surface area (Å²) in [6.45, 7) is 12.4. The third kappa shape index (κ3) is 29.6. The van der Waals surface area contributed by atoms with Gasteiger partial charge in [0.25, 0.3) is 6.47 Å². The van der Waals surface area contributed by atoms with Crippen LogP contribution in [0.25, 0.3) is 0 Å². The molecule has 0 saturated carbocycles. The van der Waals surface area contributed by atoms with Crippen LogP contribution in [0.5, 0.6) is 5.75 Å². The molecule has 1 aromatic rings. The second kappa shape index (κ2) is 43.3. The first kappa shape index (κ1) is 55.7. The zero-order valence-corrected chi connectivity index (χ0v) is 41.2. The largest absolute Gasteiger partial charge is 0.428 e. The van der Waals surface area contributed by atoms with Gasteiger partial charge in [0.1, 0.15) is 5.75 Å². The van der Waals surface area contributed by atoms with Crippen molar-refractivity contribution in [2.75, 3.05) is 0 Å². The fourth-order valence-corrected chi connectivity index (χ4v) is 9.81. The molecule has 0 saturated heterocycles. The van der Waals surface area contributed by atoms with E-state index in [-0.39, 0.29) is 0 Å². The average Bonchev–Trinajstić information content (AvgIpc) is 3.24. The summed E-state index contributed by atoms with van der Waals surface area (Å²) >= 11 is 0. The molecule has 0 aliphatic heterocycles. The Kier molecular flexibility index (Phi) is 40.9. The molecular weight excluding hydrogens is 717 g/mol. The maximum absolute atomic E-state index is 12.5. The minimum Gasteiger partial charge on any atom is -0.428 e. The molecule has 1 rings (SSSR count). The van der Waals surface area contributed by atoms with Gasteiger partial charge in [-0.2, -0.15) is 0 Å². The van der Waals surface area contributed by atoms with Crippen molar-refractivity contribution in [1.82, 2.24) is 0 Å². The Morgan fingerprint density at radius 3 is 0.627 bits per heavy atom. The van der Waals surface area contributed by atoms with Gasteiger partial charge in [-0.3, -0.25) is 4.79 Å². The van der Waals surface area contributed by atoms with Gasteiger partial charge in [-0.05, 0) is 92.0 Å². The maximum atomic E-state index is 12.5. The molecule has 0 aliphatic rings. The Bertz CT molecular complexity index is 977.